The van der Waals surface area contributed by atoms with Gasteiger partial charge in [-0.15, -0.1) is 0 Å². The molecule has 1 aliphatic rings. The second kappa shape index (κ2) is 3.85. The summed E-state index contributed by atoms with van der Waals surface area (Å²) in [6, 6.07) is 6.11. The highest BCUT2D eigenvalue weighted by Crippen LogP contribution is 2.23. The van der Waals surface area contributed by atoms with E-state index in [1.807, 2.05) is 13.0 Å². The van der Waals surface area contributed by atoms with Crippen LogP contribution in [0.4, 0.5) is 0 Å². The Kier molecular flexibility index (Phi) is 2.73. The molecule has 1 aromatic rings. The lowest BCUT2D eigenvalue weighted by atomic mass is 10.0. The highest BCUT2D eigenvalue weighted by Gasteiger charge is 2.16. The van der Waals surface area contributed by atoms with E-state index in [4.69, 9.17) is 0 Å². The zero-order valence-corrected chi connectivity index (χ0v) is 9.80. The number of Topliss-reactive ketones (excluding diaryl/α,β-unsaturated/α-hetero) is 1. The van der Waals surface area contributed by atoms with Crippen molar-refractivity contribution < 1.29 is 4.79 Å². The van der Waals surface area contributed by atoms with Crippen LogP contribution in [0.1, 0.15) is 34.8 Å². The molecule has 2 rings (SSSR count). The third kappa shape index (κ3) is 1.76. The maximum absolute atomic E-state index is 11.7. The molecule has 0 heterocycles. The average molecular weight is 253 g/mol. The molecule has 74 valence electrons. The fourth-order valence-electron chi connectivity index (χ4n) is 1.95. The summed E-state index contributed by atoms with van der Waals surface area (Å²) >= 11 is 3.31. The first-order valence-corrected chi connectivity index (χ1v) is 5.90. The molecule has 1 aromatic carbocycles. The lowest BCUT2D eigenvalue weighted by molar-refractivity contribution is 0.0996. The maximum Gasteiger partial charge on any atom is 0.176 e. The van der Waals surface area contributed by atoms with Crippen LogP contribution in [0.3, 0.4) is 0 Å². The van der Waals surface area contributed by atoms with Gasteiger partial charge in [0.15, 0.2) is 5.78 Å². The second-order valence-corrected chi connectivity index (χ2v) is 5.19. The summed E-state index contributed by atoms with van der Waals surface area (Å²) in [5, 5.41) is 0. The number of benzene rings is 1. The van der Waals surface area contributed by atoms with Gasteiger partial charge in [0.2, 0.25) is 0 Å². The standard InChI is InChI=1S/C12H13BrO/c1-8(13)12(14)11-6-5-9-3-2-4-10(9)7-11/h5-8H,2-4H2,1H3/t8-/m0/s1. The van der Waals surface area contributed by atoms with Crippen LogP contribution in [0, 0.1) is 0 Å². The van der Waals surface area contributed by atoms with E-state index in [1.54, 1.807) is 0 Å². The van der Waals surface area contributed by atoms with Crippen LogP contribution in [0.2, 0.25) is 0 Å². The third-order valence-corrected chi connectivity index (χ3v) is 3.16. The Morgan fingerprint density at radius 1 is 1.36 bits per heavy atom. The Labute approximate surface area is 92.6 Å². The van der Waals surface area contributed by atoms with Crippen molar-refractivity contribution >= 4 is 21.7 Å². The van der Waals surface area contributed by atoms with Crippen LogP contribution >= 0.6 is 15.9 Å². The molecule has 14 heavy (non-hydrogen) atoms. The van der Waals surface area contributed by atoms with E-state index in [9.17, 15) is 4.79 Å². The number of halogens is 1. The van der Waals surface area contributed by atoms with Gasteiger partial charge in [0, 0.05) is 5.56 Å². The summed E-state index contributed by atoms with van der Waals surface area (Å²) in [5.74, 6) is 0.180. The number of alkyl halides is 1. The van der Waals surface area contributed by atoms with Gasteiger partial charge < -0.3 is 0 Å². The van der Waals surface area contributed by atoms with Crippen molar-refractivity contribution in [2.45, 2.75) is 31.0 Å². The van der Waals surface area contributed by atoms with Gasteiger partial charge in [-0.25, -0.2) is 0 Å². The number of hydrogen-bond acceptors (Lipinski definition) is 1. The number of rotatable bonds is 2. The monoisotopic (exact) mass is 252 g/mol. The molecule has 1 nitrogen and oxygen atoms in total. The lowest BCUT2D eigenvalue weighted by Gasteiger charge is -2.05. The number of carbonyl (C=O) groups excluding carboxylic acids is 1. The van der Waals surface area contributed by atoms with Crippen LogP contribution < -0.4 is 0 Å². The minimum absolute atomic E-state index is 0.0815. The van der Waals surface area contributed by atoms with E-state index in [-0.39, 0.29) is 10.6 Å². The summed E-state index contributed by atoms with van der Waals surface area (Å²) in [6.07, 6.45) is 3.54. The molecule has 1 atom stereocenters. The van der Waals surface area contributed by atoms with Crippen molar-refractivity contribution in [3.05, 3.63) is 34.9 Å². The van der Waals surface area contributed by atoms with Gasteiger partial charge in [0.05, 0.1) is 4.83 Å². The Morgan fingerprint density at radius 2 is 2.07 bits per heavy atom. The Balaban J connectivity index is 2.33. The number of hydrogen-bond donors (Lipinski definition) is 0. The average Bonchev–Trinajstić information content (AvgIpc) is 2.62. The van der Waals surface area contributed by atoms with Gasteiger partial charge in [0.1, 0.15) is 0 Å². The highest BCUT2D eigenvalue weighted by atomic mass is 79.9. The zero-order valence-electron chi connectivity index (χ0n) is 8.22. The lowest BCUT2D eigenvalue weighted by Crippen LogP contribution is -2.10. The van der Waals surface area contributed by atoms with Crippen molar-refractivity contribution in [2.75, 3.05) is 0 Å². The molecule has 0 amide bonds. The largest absolute Gasteiger partial charge is 0.293 e. The molecule has 0 fully saturated rings. The van der Waals surface area contributed by atoms with Crippen molar-refractivity contribution in [2.24, 2.45) is 0 Å². The van der Waals surface area contributed by atoms with Gasteiger partial charge in [0.25, 0.3) is 0 Å². The van der Waals surface area contributed by atoms with Gasteiger partial charge >= 0.3 is 0 Å². The van der Waals surface area contributed by atoms with Gasteiger partial charge in [-0.05, 0) is 43.4 Å². The molecule has 0 saturated carbocycles. The summed E-state index contributed by atoms with van der Waals surface area (Å²) in [7, 11) is 0. The Morgan fingerprint density at radius 3 is 2.79 bits per heavy atom. The Hall–Kier alpha value is -0.630. The summed E-state index contributed by atoms with van der Waals surface area (Å²) in [5.41, 5.74) is 3.63. The molecule has 0 N–H and O–H groups in total. The van der Waals surface area contributed by atoms with E-state index < -0.39 is 0 Å². The molecule has 0 unspecified atom stereocenters. The smallest absolute Gasteiger partial charge is 0.176 e. The first-order chi connectivity index (χ1) is 6.68. The predicted octanol–water partition coefficient (Wildman–Crippen LogP) is 3.14. The fraction of sp³-hybridized carbons (Fsp3) is 0.417. The minimum atomic E-state index is -0.0815. The number of carbonyl (C=O) groups is 1. The van der Waals surface area contributed by atoms with E-state index >= 15 is 0 Å². The molecular formula is C12H13BrO. The molecule has 2 heteroatoms. The number of aryl methyl sites for hydroxylation is 2. The number of fused-ring (bicyclic) bond motifs is 1. The molecular weight excluding hydrogens is 240 g/mol. The first kappa shape index (κ1) is 9.91. The van der Waals surface area contributed by atoms with Gasteiger partial charge in [-0.2, -0.15) is 0 Å². The Bertz CT molecular complexity index is 369. The van der Waals surface area contributed by atoms with Crippen LogP contribution in [0.25, 0.3) is 0 Å². The van der Waals surface area contributed by atoms with Gasteiger partial charge in [-0.3, -0.25) is 4.79 Å². The van der Waals surface area contributed by atoms with Crippen molar-refractivity contribution in [3.63, 3.8) is 0 Å². The summed E-state index contributed by atoms with van der Waals surface area (Å²) in [6.45, 7) is 1.87. The molecule has 0 aromatic heterocycles. The second-order valence-electron chi connectivity index (χ2n) is 3.82. The van der Waals surface area contributed by atoms with E-state index in [0.717, 1.165) is 12.0 Å². The van der Waals surface area contributed by atoms with E-state index in [0.29, 0.717) is 0 Å². The van der Waals surface area contributed by atoms with E-state index in [2.05, 4.69) is 28.1 Å². The first-order valence-electron chi connectivity index (χ1n) is 4.98. The van der Waals surface area contributed by atoms with Crippen molar-refractivity contribution in [3.8, 4) is 0 Å². The summed E-state index contributed by atoms with van der Waals surface area (Å²) < 4.78 is 0. The normalized spacial score (nSPS) is 16.4. The third-order valence-electron chi connectivity index (χ3n) is 2.74. The van der Waals surface area contributed by atoms with Crippen LogP contribution in [-0.2, 0) is 12.8 Å². The van der Waals surface area contributed by atoms with Crippen molar-refractivity contribution in [1.82, 2.24) is 0 Å². The molecule has 0 aliphatic heterocycles. The van der Waals surface area contributed by atoms with Gasteiger partial charge in [-0.1, -0.05) is 28.1 Å². The molecule has 1 aliphatic carbocycles. The number of ketones is 1. The van der Waals surface area contributed by atoms with Crippen LogP contribution in [-0.4, -0.2) is 10.6 Å². The molecule has 0 saturated heterocycles. The maximum atomic E-state index is 11.7. The molecule has 0 spiro atoms. The summed E-state index contributed by atoms with van der Waals surface area (Å²) in [4.78, 5) is 11.6. The highest BCUT2D eigenvalue weighted by molar-refractivity contribution is 9.10. The molecule has 0 bridgehead atoms. The van der Waals surface area contributed by atoms with Crippen LogP contribution in [0.15, 0.2) is 18.2 Å². The van der Waals surface area contributed by atoms with Crippen molar-refractivity contribution in [1.29, 1.82) is 0 Å². The quantitative estimate of drug-likeness (QED) is 0.584. The fourth-order valence-corrected chi connectivity index (χ4v) is 2.22. The SMILES string of the molecule is C[C@H](Br)C(=O)c1ccc2c(c1)CCC2. The zero-order chi connectivity index (χ0) is 10.1. The van der Waals surface area contributed by atoms with E-state index in [1.165, 1.54) is 24.0 Å². The predicted molar refractivity (Wildman–Crippen MR) is 61.2 cm³/mol. The minimum Gasteiger partial charge on any atom is -0.293 e. The van der Waals surface area contributed by atoms with Crippen LogP contribution in [0.5, 0.6) is 0 Å². The topological polar surface area (TPSA) is 17.1 Å². The molecule has 0 radical (unpaired) electrons.